The van der Waals surface area contributed by atoms with Gasteiger partial charge in [0.25, 0.3) is 0 Å². The molecule has 0 fully saturated rings. The first-order valence-corrected chi connectivity index (χ1v) is 7.99. The summed E-state index contributed by atoms with van der Waals surface area (Å²) in [7, 11) is 0. The molecule has 1 aliphatic carbocycles. The van der Waals surface area contributed by atoms with E-state index in [4.69, 9.17) is 4.74 Å². The SMILES string of the molecule is c1cc2c(c(OCc3ccc4c(c3)CCC4)c1)NCCC2. The summed E-state index contributed by atoms with van der Waals surface area (Å²) in [5, 5.41) is 3.48. The third-order valence-electron chi connectivity index (χ3n) is 4.59. The molecule has 0 atom stereocenters. The van der Waals surface area contributed by atoms with Gasteiger partial charge < -0.3 is 10.1 Å². The van der Waals surface area contributed by atoms with E-state index in [1.807, 2.05) is 0 Å². The van der Waals surface area contributed by atoms with Crippen LogP contribution in [0.25, 0.3) is 0 Å². The van der Waals surface area contributed by atoms with Crippen LogP contribution in [0.4, 0.5) is 5.69 Å². The van der Waals surface area contributed by atoms with Gasteiger partial charge in [-0.15, -0.1) is 0 Å². The number of rotatable bonds is 3. The second kappa shape index (κ2) is 5.44. The van der Waals surface area contributed by atoms with Crippen LogP contribution in [0, 0.1) is 0 Å². The van der Waals surface area contributed by atoms with Gasteiger partial charge in [0, 0.05) is 6.54 Å². The van der Waals surface area contributed by atoms with Crippen LogP contribution in [0.15, 0.2) is 36.4 Å². The summed E-state index contributed by atoms with van der Waals surface area (Å²) in [5.74, 6) is 0.993. The van der Waals surface area contributed by atoms with E-state index < -0.39 is 0 Å². The summed E-state index contributed by atoms with van der Waals surface area (Å²) >= 11 is 0. The van der Waals surface area contributed by atoms with Crippen molar-refractivity contribution in [1.82, 2.24) is 0 Å². The van der Waals surface area contributed by atoms with E-state index >= 15 is 0 Å². The summed E-state index contributed by atoms with van der Waals surface area (Å²) in [6, 6.07) is 13.2. The number of benzene rings is 2. The van der Waals surface area contributed by atoms with Gasteiger partial charge in [-0.05, 0) is 60.4 Å². The number of hydrogen-bond acceptors (Lipinski definition) is 2. The number of fused-ring (bicyclic) bond motifs is 2. The Bertz CT molecular complexity index is 663. The van der Waals surface area contributed by atoms with Crippen LogP contribution in [0.5, 0.6) is 5.75 Å². The van der Waals surface area contributed by atoms with Gasteiger partial charge in [-0.1, -0.05) is 30.3 Å². The van der Waals surface area contributed by atoms with Crippen LogP contribution in [0.3, 0.4) is 0 Å². The van der Waals surface area contributed by atoms with E-state index in [1.165, 1.54) is 53.6 Å². The minimum Gasteiger partial charge on any atom is -0.487 e. The first-order chi connectivity index (χ1) is 10.4. The van der Waals surface area contributed by atoms with Crippen molar-refractivity contribution < 1.29 is 4.74 Å². The quantitative estimate of drug-likeness (QED) is 0.913. The third-order valence-corrected chi connectivity index (χ3v) is 4.59. The zero-order valence-corrected chi connectivity index (χ0v) is 12.3. The molecule has 2 nitrogen and oxygen atoms in total. The normalized spacial score (nSPS) is 16.0. The molecule has 2 aromatic carbocycles. The van der Waals surface area contributed by atoms with Crippen molar-refractivity contribution in [2.24, 2.45) is 0 Å². The summed E-state index contributed by atoms with van der Waals surface area (Å²) < 4.78 is 6.09. The van der Waals surface area contributed by atoms with Crippen LogP contribution < -0.4 is 10.1 Å². The summed E-state index contributed by atoms with van der Waals surface area (Å²) in [5.41, 5.74) is 6.91. The maximum Gasteiger partial charge on any atom is 0.143 e. The predicted octanol–water partition coefficient (Wildman–Crippen LogP) is 4.11. The van der Waals surface area contributed by atoms with Crippen molar-refractivity contribution in [2.45, 2.75) is 38.7 Å². The van der Waals surface area contributed by atoms with Gasteiger partial charge in [-0.3, -0.25) is 0 Å². The van der Waals surface area contributed by atoms with Crippen LogP contribution in [-0.4, -0.2) is 6.54 Å². The van der Waals surface area contributed by atoms with Crippen molar-refractivity contribution in [3.63, 3.8) is 0 Å². The fraction of sp³-hybridized carbons (Fsp3) is 0.368. The summed E-state index contributed by atoms with van der Waals surface area (Å²) in [6.07, 6.45) is 6.13. The molecule has 0 spiro atoms. The van der Waals surface area contributed by atoms with Crippen LogP contribution in [-0.2, 0) is 25.9 Å². The highest BCUT2D eigenvalue weighted by atomic mass is 16.5. The average molecular weight is 279 g/mol. The molecule has 21 heavy (non-hydrogen) atoms. The lowest BCUT2D eigenvalue weighted by molar-refractivity contribution is 0.307. The fourth-order valence-electron chi connectivity index (χ4n) is 3.47. The number of anilines is 1. The Hall–Kier alpha value is -1.96. The van der Waals surface area contributed by atoms with Crippen molar-refractivity contribution in [3.8, 4) is 5.75 Å². The Morgan fingerprint density at radius 3 is 2.81 bits per heavy atom. The maximum absolute atomic E-state index is 6.09. The molecule has 2 aliphatic rings. The number of ether oxygens (including phenoxy) is 1. The molecule has 1 N–H and O–H groups in total. The lowest BCUT2D eigenvalue weighted by Crippen LogP contribution is -2.13. The predicted molar refractivity (Wildman–Crippen MR) is 86.1 cm³/mol. The molecule has 0 radical (unpaired) electrons. The molecule has 4 rings (SSSR count). The van der Waals surface area contributed by atoms with Gasteiger partial charge in [-0.2, -0.15) is 0 Å². The molecule has 1 aliphatic heterocycles. The minimum atomic E-state index is 0.658. The summed E-state index contributed by atoms with van der Waals surface area (Å²) in [4.78, 5) is 0. The van der Waals surface area contributed by atoms with Crippen LogP contribution in [0.1, 0.15) is 35.1 Å². The van der Waals surface area contributed by atoms with Gasteiger partial charge in [0.2, 0.25) is 0 Å². The first kappa shape index (κ1) is 12.8. The van der Waals surface area contributed by atoms with Crippen molar-refractivity contribution >= 4 is 5.69 Å². The van der Waals surface area contributed by atoms with E-state index in [-0.39, 0.29) is 0 Å². The third kappa shape index (κ3) is 2.51. The Labute approximate surface area is 126 Å². The number of aryl methyl sites for hydroxylation is 3. The molecule has 0 saturated heterocycles. The highest BCUT2D eigenvalue weighted by Gasteiger charge is 2.14. The van der Waals surface area contributed by atoms with Crippen molar-refractivity contribution in [1.29, 1.82) is 0 Å². The average Bonchev–Trinajstić information content (AvgIpc) is 3.00. The first-order valence-electron chi connectivity index (χ1n) is 7.99. The Kier molecular flexibility index (Phi) is 3.30. The van der Waals surface area contributed by atoms with Gasteiger partial charge in [-0.25, -0.2) is 0 Å². The number of para-hydroxylation sites is 1. The lowest BCUT2D eigenvalue weighted by atomic mass is 10.0. The number of hydrogen-bond donors (Lipinski definition) is 1. The fourth-order valence-corrected chi connectivity index (χ4v) is 3.47. The zero-order valence-electron chi connectivity index (χ0n) is 12.3. The Balaban J connectivity index is 1.52. The summed E-state index contributed by atoms with van der Waals surface area (Å²) in [6.45, 7) is 1.71. The van der Waals surface area contributed by atoms with Crippen molar-refractivity contribution in [2.75, 3.05) is 11.9 Å². The largest absolute Gasteiger partial charge is 0.487 e. The molecular formula is C19H21NO. The van der Waals surface area contributed by atoms with Crippen LogP contribution in [0.2, 0.25) is 0 Å². The van der Waals surface area contributed by atoms with Crippen LogP contribution >= 0.6 is 0 Å². The van der Waals surface area contributed by atoms with E-state index in [0.717, 1.165) is 18.7 Å². The second-order valence-corrected chi connectivity index (χ2v) is 6.07. The molecule has 0 amide bonds. The molecule has 0 unspecified atom stereocenters. The van der Waals surface area contributed by atoms with Gasteiger partial charge in [0.05, 0.1) is 5.69 Å². The number of nitrogens with one attached hydrogen (secondary N) is 1. The Morgan fingerprint density at radius 1 is 0.905 bits per heavy atom. The standard InChI is InChI=1S/C19H21NO/c1-4-15-10-9-14(12-17(15)6-1)13-21-18-8-2-5-16-7-3-11-20-19(16)18/h2,5,8-10,12,20H,1,3-4,6-7,11,13H2. The molecule has 2 heteroatoms. The highest BCUT2D eigenvalue weighted by molar-refractivity contribution is 5.63. The van der Waals surface area contributed by atoms with Gasteiger partial charge in [0.1, 0.15) is 12.4 Å². The van der Waals surface area contributed by atoms with E-state index in [0.29, 0.717) is 6.61 Å². The van der Waals surface area contributed by atoms with E-state index in [9.17, 15) is 0 Å². The molecule has 0 bridgehead atoms. The monoisotopic (exact) mass is 279 g/mol. The maximum atomic E-state index is 6.09. The minimum absolute atomic E-state index is 0.658. The zero-order chi connectivity index (χ0) is 14.1. The molecule has 0 saturated carbocycles. The van der Waals surface area contributed by atoms with E-state index in [1.54, 1.807) is 0 Å². The molecular weight excluding hydrogens is 258 g/mol. The smallest absolute Gasteiger partial charge is 0.143 e. The topological polar surface area (TPSA) is 21.3 Å². The second-order valence-electron chi connectivity index (χ2n) is 6.07. The van der Waals surface area contributed by atoms with E-state index in [2.05, 4.69) is 41.7 Å². The highest BCUT2D eigenvalue weighted by Crippen LogP contribution is 2.32. The van der Waals surface area contributed by atoms with Crippen molar-refractivity contribution in [3.05, 3.63) is 58.7 Å². The molecule has 1 heterocycles. The van der Waals surface area contributed by atoms with Gasteiger partial charge >= 0.3 is 0 Å². The van der Waals surface area contributed by atoms with Gasteiger partial charge in [0.15, 0.2) is 0 Å². The molecule has 0 aromatic heterocycles. The molecule has 2 aromatic rings. The molecule has 108 valence electrons. The Morgan fingerprint density at radius 2 is 1.81 bits per heavy atom. The lowest BCUT2D eigenvalue weighted by Gasteiger charge is -2.21.